The zero-order valence-electron chi connectivity index (χ0n) is 8.72. The highest BCUT2D eigenvalue weighted by Crippen LogP contribution is 2.24. The molecule has 0 aliphatic carbocycles. The van der Waals surface area contributed by atoms with Crippen molar-refractivity contribution in [2.24, 2.45) is 0 Å². The van der Waals surface area contributed by atoms with Crippen molar-refractivity contribution in [3.05, 3.63) is 28.8 Å². The van der Waals surface area contributed by atoms with Crippen molar-refractivity contribution < 1.29 is 9.90 Å². The first-order chi connectivity index (χ1) is 8.16. The zero-order valence-corrected chi connectivity index (χ0v) is 9.48. The van der Waals surface area contributed by atoms with E-state index in [1.165, 1.54) is 0 Å². The maximum absolute atomic E-state index is 10.6. The minimum Gasteiger partial charge on any atom is -0.481 e. The van der Waals surface area contributed by atoms with Crippen LogP contribution >= 0.6 is 11.6 Å². The largest absolute Gasteiger partial charge is 0.481 e. The highest BCUT2D eigenvalue weighted by atomic mass is 35.5. The Hall–Kier alpha value is -1.95. The lowest BCUT2D eigenvalue weighted by molar-refractivity contribution is -0.136. The third-order valence-electron chi connectivity index (χ3n) is 2.26. The molecule has 0 saturated carbocycles. The number of aliphatic carboxylic acids is 1. The van der Waals surface area contributed by atoms with E-state index in [1.54, 1.807) is 18.2 Å². The zero-order chi connectivity index (χ0) is 12.3. The molecule has 1 heterocycles. The molecule has 2 N–H and O–H groups in total. The number of nitrogens with zero attached hydrogens (tertiary/aromatic N) is 3. The van der Waals surface area contributed by atoms with Crippen LogP contribution in [0.25, 0.3) is 11.4 Å². The minimum absolute atomic E-state index is 0.0329. The lowest BCUT2D eigenvalue weighted by Gasteiger charge is -2.05. The molecule has 1 aromatic carbocycles. The van der Waals surface area contributed by atoms with Gasteiger partial charge in [0, 0.05) is 17.0 Å². The standard InChI is InChI=1S/C10H9ClN4O2/c11-7-2-3-8(10-12-14-15-13-10)6(5-7)1-4-9(16)17/h2-3,5H,1,4H2,(H,16,17)(H,12,13,14,15). The lowest BCUT2D eigenvalue weighted by Crippen LogP contribution is -1.99. The minimum atomic E-state index is -0.857. The second-order valence-electron chi connectivity index (χ2n) is 3.43. The Balaban J connectivity index is 2.34. The fraction of sp³-hybridized carbons (Fsp3) is 0.200. The highest BCUT2D eigenvalue weighted by Gasteiger charge is 2.11. The van der Waals surface area contributed by atoms with Crippen LogP contribution in [0.2, 0.25) is 5.02 Å². The third-order valence-corrected chi connectivity index (χ3v) is 2.50. The SMILES string of the molecule is O=C(O)CCc1cc(Cl)ccc1-c1nn[nH]n1. The van der Waals surface area contributed by atoms with Crippen LogP contribution in [-0.4, -0.2) is 31.7 Å². The third kappa shape index (κ3) is 2.79. The van der Waals surface area contributed by atoms with Gasteiger partial charge in [-0.15, -0.1) is 10.2 Å². The quantitative estimate of drug-likeness (QED) is 0.861. The van der Waals surface area contributed by atoms with Gasteiger partial charge >= 0.3 is 5.97 Å². The first kappa shape index (κ1) is 11.5. The molecule has 0 radical (unpaired) electrons. The molecule has 1 aromatic heterocycles. The van der Waals surface area contributed by atoms with E-state index in [4.69, 9.17) is 16.7 Å². The van der Waals surface area contributed by atoms with E-state index in [9.17, 15) is 4.79 Å². The Morgan fingerprint density at radius 3 is 2.94 bits per heavy atom. The second-order valence-corrected chi connectivity index (χ2v) is 3.87. The molecule has 0 bridgehead atoms. The number of hydrogen-bond donors (Lipinski definition) is 2. The van der Waals surface area contributed by atoms with Gasteiger partial charge in [0.1, 0.15) is 0 Å². The lowest BCUT2D eigenvalue weighted by atomic mass is 10.0. The number of aromatic nitrogens is 4. The van der Waals surface area contributed by atoms with Gasteiger partial charge in [-0.1, -0.05) is 11.6 Å². The number of aryl methyl sites for hydroxylation is 1. The van der Waals surface area contributed by atoms with Crippen molar-refractivity contribution >= 4 is 17.6 Å². The second kappa shape index (κ2) is 4.92. The van der Waals surface area contributed by atoms with E-state index in [0.29, 0.717) is 17.3 Å². The van der Waals surface area contributed by atoms with E-state index in [2.05, 4.69) is 20.6 Å². The molecule has 0 aliphatic heterocycles. The molecule has 2 rings (SSSR count). The molecule has 2 aromatic rings. The number of nitrogens with one attached hydrogen (secondary N) is 1. The smallest absolute Gasteiger partial charge is 0.303 e. The van der Waals surface area contributed by atoms with Crippen LogP contribution < -0.4 is 0 Å². The van der Waals surface area contributed by atoms with Crippen molar-refractivity contribution in [2.75, 3.05) is 0 Å². The average Bonchev–Trinajstić information content (AvgIpc) is 2.80. The summed E-state index contributed by atoms with van der Waals surface area (Å²) in [7, 11) is 0. The van der Waals surface area contributed by atoms with Gasteiger partial charge in [0.2, 0.25) is 5.82 Å². The maximum Gasteiger partial charge on any atom is 0.303 e. The summed E-state index contributed by atoms with van der Waals surface area (Å²) in [6.45, 7) is 0. The van der Waals surface area contributed by atoms with Gasteiger partial charge in [-0.2, -0.15) is 5.21 Å². The fourth-order valence-electron chi connectivity index (χ4n) is 1.50. The summed E-state index contributed by atoms with van der Waals surface area (Å²) in [5.74, 6) is -0.425. The molecule has 88 valence electrons. The van der Waals surface area contributed by atoms with Crippen LogP contribution in [0.1, 0.15) is 12.0 Å². The van der Waals surface area contributed by atoms with Crippen LogP contribution in [0.15, 0.2) is 18.2 Å². The Morgan fingerprint density at radius 1 is 1.47 bits per heavy atom. The van der Waals surface area contributed by atoms with E-state index >= 15 is 0 Å². The number of carbonyl (C=O) groups is 1. The van der Waals surface area contributed by atoms with E-state index in [-0.39, 0.29) is 6.42 Å². The monoisotopic (exact) mass is 252 g/mol. The number of rotatable bonds is 4. The molecule has 17 heavy (non-hydrogen) atoms. The maximum atomic E-state index is 10.6. The Morgan fingerprint density at radius 2 is 2.29 bits per heavy atom. The highest BCUT2D eigenvalue weighted by molar-refractivity contribution is 6.30. The summed E-state index contributed by atoms with van der Waals surface area (Å²) in [6.07, 6.45) is 0.408. The van der Waals surface area contributed by atoms with Crippen LogP contribution in [0.5, 0.6) is 0 Å². The van der Waals surface area contributed by atoms with Crippen LogP contribution in [-0.2, 0) is 11.2 Å². The molecule has 0 atom stereocenters. The number of halogens is 1. The topological polar surface area (TPSA) is 91.8 Å². The van der Waals surface area contributed by atoms with Gasteiger partial charge < -0.3 is 5.11 Å². The molecule has 0 amide bonds. The van der Waals surface area contributed by atoms with Gasteiger partial charge in [0.15, 0.2) is 0 Å². The molecule has 7 heteroatoms. The molecule has 0 aliphatic rings. The van der Waals surface area contributed by atoms with Gasteiger partial charge in [-0.05, 0) is 35.4 Å². The van der Waals surface area contributed by atoms with E-state index < -0.39 is 5.97 Å². The van der Waals surface area contributed by atoms with Gasteiger partial charge in [-0.3, -0.25) is 4.79 Å². The number of benzene rings is 1. The Kier molecular flexibility index (Phi) is 3.34. The normalized spacial score (nSPS) is 10.4. The summed E-state index contributed by atoms with van der Waals surface area (Å²) in [4.78, 5) is 10.6. The average molecular weight is 253 g/mol. The molecular weight excluding hydrogens is 244 g/mol. The molecular formula is C10H9ClN4O2. The summed E-state index contributed by atoms with van der Waals surface area (Å²) >= 11 is 5.88. The van der Waals surface area contributed by atoms with E-state index in [0.717, 1.165) is 11.1 Å². The van der Waals surface area contributed by atoms with Crippen molar-refractivity contribution in [1.29, 1.82) is 0 Å². The van der Waals surface area contributed by atoms with Gasteiger partial charge in [0.05, 0.1) is 0 Å². The van der Waals surface area contributed by atoms with Crippen molar-refractivity contribution in [2.45, 2.75) is 12.8 Å². The van der Waals surface area contributed by atoms with Gasteiger partial charge in [-0.25, -0.2) is 0 Å². The predicted molar refractivity (Wildman–Crippen MR) is 60.6 cm³/mol. The number of tetrazole rings is 1. The van der Waals surface area contributed by atoms with E-state index in [1.807, 2.05) is 0 Å². The molecule has 0 unspecified atom stereocenters. The number of H-pyrrole nitrogens is 1. The Bertz CT molecular complexity index is 527. The number of carboxylic acids is 1. The summed E-state index contributed by atoms with van der Waals surface area (Å²) in [6, 6.07) is 5.18. The van der Waals surface area contributed by atoms with Gasteiger partial charge in [0.25, 0.3) is 0 Å². The number of aromatic amines is 1. The molecule has 6 nitrogen and oxygen atoms in total. The number of carboxylic acid groups (broad SMARTS) is 1. The molecule has 0 saturated heterocycles. The Labute approximate surface area is 102 Å². The van der Waals surface area contributed by atoms with Crippen molar-refractivity contribution in [3.8, 4) is 11.4 Å². The van der Waals surface area contributed by atoms with Crippen LogP contribution in [0.3, 0.4) is 0 Å². The molecule has 0 fully saturated rings. The number of hydrogen-bond acceptors (Lipinski definition) is 4. The fourth-order valence-corrected chi connectivity index (χ4v) is 1.70. The summed E-state index contributed by atoms with van der Waals surface area (Å²) < 4.78 is 0. The van der Waals surface area contributed by atoms with Crippen molar-refractivity contribution in [3.63, 3.8) is 0 Å². The van der Waals surface area contributed by atoms with Crippen LogP contribution in [0, 0.1) is 0 Å². The van der Waals surface area contributed by atoms with Crippen LogP contribution in [0.4, 0.5) is 0 Å². The summed E-state index contributed by atoms with van der Waals surface area (Å²) in [5, 5.41) is 22.8. The first-order valence-corrected chi connectivity index (χ1v) is 5.28. The predicted octanol–water partition coefficient (Wildman–Crippen LogP) is 1.54. The van der Waals surface area contributed by atoms with Crippen molar-refractivity contribution in [1.82, 2.24) is 20.6 Å². The molecule has 0 spiro atoms. The summed E-state index contributed by atoms with van der Waals surface area (Å²) in [5.41, 5.74) is 1.53. The first-order valence-electron chi connectivity index (χ1n) is 4.91.